The second-order valence-electron chi connectivity index (χ2n) is 8.52. The number of halogens is 1. The summed E-state index contributed by atoms with van der Waals surface area (Å²) in [5, 5.41) is 0. The number of benzene rings is 2. The molecule has 0 radical (unpaired) electrons. The van der Waals surface area contributed by atoms with Gasteiger partial charge >= 0.3 is 6.09 Å². The van der Waals surface area contributed by atoms with E-state index >= 15 is 4.39 Å². The molecular formula is C25H19FN4O4. The Morgan fingerprint density at radius 1 is 0.971 bits per heavy atom. The number of hydrogen-bond donors (Lipinski definition) is 0. The van der Waals surface area contributed by atoms with E-state index in [4.69, 9.17) is 4.74 Å². The van der Waals surface area contributed by atoms with Crippen LogP contribution in [0.4, 0.5) is 20.6 Å². The lowest BCUT2D eigenvalue weighted by molar-refractivity contribution is 0.0558. The Hall–Kier alpha value is -4.27. The number of pyridine rings is 1. The van der Waals surface area contributed by atoms with E-state index in [-0.39, 0.29) is 13.1 Å². The molecule has 4 heterocycles. The Kier molecular flexibility index (Phi) is 4.58. The van der Waals surface area contributed by atoms with E-state index in [1.165, 1.54) is 11.0 Å². The van der Waals surface area contributed by atoms with E-state index in [1.807, 2.05) is 11.0 Å². The first-order valence-corrected chi connectivity index (χ1v) is 10.9. The SMILES string of the molecule is O=C1c2ccccc2C(=O)N1C[C@H]1CN(c2ccc(N3Cc4ccncc4C3)c(F)c2)C(=O)O1. The first kappa shape index (κ1) is 20.3. The molecule has 1 fully saturated rings. The number of anilines is 2. The fraction of sp³-hybridized carbons (Fsp3) is 0.200. The van der Waals surface area contributed by atoms with Crippen LogP contribution in [-0.2, 0) is 17.8 Å². The van der Waals surface area contributed by atoms with Gasteiger partial charge in [0.2, 0.25) is 0 Å². The number of carbonyl (C=O) groups excluding carboxylic acids is 3. The third-order valence-electron chi connectivity index (χ3n) is 6.45. The number of cyclic esters (lactones) is 1. The maximum atomic E-state index is 15.1. The standard InChI is InChI=1S/C25H19FN4O4/c26-21-9-17(5-6-22(21)28-11-15-7-8-27-10-16(15)12-28)29-13-18(34-25(29)33)14-30-23(31)19-3-1-2-4-20(19)24(30)32/h1-10,18H,11-14H2/t18-/m1/s1. The van der Waals surface area contributed by atoms with Gasteiger partial charge in [0.15, 0.2) is 0 Å². The number of rotatable bonds is 4. The zero-order chi connectivity index (χ0) is 23.4. The van der Waals surface area contributed by atoms with E-state index in [0.717, 1.165) is 16.0 Å². The number of amides is 3. The van der Waals surface area contributed by atoms with Crippen molar-refractivity contribution in [3.05, 3.63) is 89.0 Å². The molecule has 0 bridgehead atoms. The summed E-state index contributed by atoms with van der Waals surface area (Å²) in [5.74, 6) is -1.27. The highest BCUT2D eigenvalue weighted by molar-refractivity contribution is 6.21. The molecule has 0 spiro atoms. The second-order valence-corrected chi connectivity index (χ2v) is 8.52. The molecule has 2 aromatic carbocycles. The van der Waals surface area contributed by atoms with E-state index in [2.05, 4.69) is 4.98 Å². The van der Waals surface area contributed by atoms with Crippen molar-refractivity contribution < 1.29 is 23.5 Å². The molecule has 3 amide bonds. The van der Waals surface area contributed by atoms with Crippen LogP contribution in [0.2, 0.25) is 0 Å². The third-order valence-corrected chi connectivity index (χ3v) is 6.45. The molecule has 34 heavy (non-hydrogen) atoms. The molecule has 1 aromatic heterocycles. The minimum Gasteiger partial charge on any atom is -0.442 e. The van der Waals surface area contributed by atoms with Crippen LogP contribution in [0, 0.1) is 5.82 Å². The first-order valence-electron chi connectivity index (χ1n) is 10.9. The number of carbonyl (C=O) groups is 3. The monoisotopic (exact) mass is 458 g/mol. The molecule has 0 N–H and O–H groups in total. The second kappa shape index (κ2) is 7.65. The van der Waals surface area contributed by atoms with Gasteiger partial charge in [-0.15, -0.1) is 0 Å². The van der Waals surface area contributed by atoms with Crippen LogP contribution in [0.15, 0.2) is 60.9 Å². The molecule has 3 aliphatic rings. The summed E-state index contributed by atoms with van der Waals surface area (Å²) in [4.78, 5) is 46.2. The van der Waals surface area contributed by atoms with E-state index < -0.39 is 29.8 Å². The molecule has 1 saturated heterocycles. The normalized spacial score (nSPS) is 19.0. The number of imide groups is 1. The molecule has 170 valence electrons. The maximum absolute atomic E-state index is 15.1. The minimum atomic E-state index is -0.710. The number of hydrogen-bond acceptors (Lipinski definition) is 6. The minimum absolute atomic E-state index is 0.0603. The highest BCUT2D eigenvalue weighted by atomic mass is 19.1. The summed E-state index contributed by atoms with van der Waals surface area (Å²) in [6.07, 6.45) is 2.15. The fourth-order valence-electron chi connectivity index (χ4n) is 4.75. The zero-order valence-corrected chi connectivity index (χ0v) is 18.0. The summed E-state index contributed by atoms with van der Waals surface area (Å²) in [7, 11) is 0. The summed E-state index contributed by atoms with van der Waals surface area (Å²) >= 11 is 0. The Labute approximate surface area is 194 Å². The van der Waals surface area contributed by atoms with Gasteiger partial charge in [0.05, 0.1) is 35.6 Å². The maximum Gasteiger partial charge on any atom is 0.414 e. The molecule has 3 aliphatic heterocycles. The van der Waals surface area contributed by atoms with Gasteiger partial charge in [0.1, 0.15) is 11.9 Å². The largest absolute Gasteiger partial charge is 0.442 e. The molecule has 1 atom stereocenters. The van der Waals surface area contributed by atoms with Gasteiger partial charge in [-0.3, -0.25) is 24.4 Å². The van der Waals surface area contributed by atoms with Crippen molar-refractivity contribution in [2.75, 3.05) is 22.9 Å². The first-order chi connectivity index (χ1) is 16.5. The summed E-state index contributed by atoms with van der Waals surface area (Å²) < 4.78 is 20.4. The lowest BCUT2D eigenvalue weighted by Crippen LogP contribution is -2.38. The van der Waals surface area contributed by atoms with Crippen LogP contribution in [-0.4, -0.2) is 47.0 Å². The summed E-state index contributed by atoms with van der Waals surface area (Å²) in [6, 6.07) is 13.1. The Bertz CT molecular complexity index is 1300. The summed E-state index contributed by atoms with van der Waals surface area (Å²) in [5.41, 5.74) is 3.64. The Morgan fingerprint density at radius 2 is 1.71 bits per heavy atom. The van der Waals surface area contributed by atoms with Gasteiger partial charge < -0.3 is 9.64 Å². The number of nitrogens with zero attached hydrogens (tertiary/aromatic N) is 4. The average molecular weight is 458 g/mol. The molecule has 3 aromatic rings. The van der Waals surface area contributed by atoms with Crippen molar-refractivity contribution in [2.24, 2.45) is 0 Å². The highest BCUT2D eigenvalue weighted by Crippen LogP contribution is 2.33. The van der Waals surface area contributed by atoms with Crippen LogP contribution in [0.1, 0.15) is 31.8 Å². The van der Waals surface area contributed by atoms with Gasteiger partial charge in [0, 0.05) is 25.5 Å². The van der Waals surface area contributed by atoms with Crippen LogP contribution in [0.25, 0.3) is 0 Å². The van der Waals surface area contributed by atoms with E-state index in [1.54, 1.807) is 48.8 Å². The van der Waals surface area contributed by atoms with Crippen LogP contribution in [0.3, 0.4) is 0 Å². The molecule has 0 aliphatic carbocycles. The van der Waals surface area contributed by atoms with Crippen molar-refractivity contribution in [3.8, 4) is 0 Å². The fourth-order valence-corrected chi connectivity index (χ4v) is 4.75. The lowest BCUT2D eigenvalue weighted by Gasteiger charge is -2.21. The van der Waals surface area contributed by atoms with E-state index in [9.17, 15) is 14.4 Å². The van der Waals surface area contributed by atoms with Crippen LogP contribution < -0.4 is 9.80 Å². The van der Waals surface area contributed by atoms with Gasteiger partial charge in [-0.2, -0.15) is 0 Å². The van der Waals surface area contributed by atoms with E-state index in [0.29, 0.717) is 35.6 Å². The predicted octanol–water partition coefficient (Wildman–Crippen LogP) is 3.36. The van der Waals surface area contributed by atoms with Crippen molar-refractivity contribution in [1.29, 1.82) is 0 Å². The number of aromatic nitrogens is 1. The quantitative estimate of drug-likeness (QED) is 0.558. The van der Waals surface area contributed by atoms with Crippen molar-refractivity contribution >= 4 is 29.3 Å². The van der Waals surface area contributed by atoms with Gasteiger partial charge in [0.25, 0.3) is 11.8 Å². The van der Waals surface area contributed by atoms with Crippen LogP contribution in [0.5, 0.6) is 0 Å². The molecule has 0 unspecified atom stereocenters. The smallest absolute Gasteiger partial charge is 0.414 e. The van der Waals surface area contributed by atoms with Crippen molar-refractivity contribution in [2.45, 2.75) is 19.2 Å². The lowest BCUT2D eigenvalue weighted by atomic mass is 10.1. The molecule has 8 nitrogen and oxygen atoms in total. The third kappa shape index (κ3) is 3.20. The average Bonchev–Trinajstić information content (AvgIpc) is 3.50. The van der Waals surface area contributed by atoms with Gasteiger partial charge in [-0.05, 0) is 47.5 Å². The summed E-state index contributed by atoms with van der Waals surface area (Å²) in [6.45, 7) is 1.19. The Morgan fingerprint density at radius 3 is 2.41 bits per heavy atom. The molecule has 0 saturated carbocycles. The Balaban J connectivity index is 1.16. The molecule has 9 heteroatoms. The molecular weight excluding hydrogens is 439 g/mol. The highest BCUT2D eigenvalue weighted by Gasteiger charge is 2.41. The molecule has 6 rings (SSSR count). The van der Waals surface area contributed by atoms with Crippen LogP contribution >= 0.6 is 0 Å². The zero-order valence-electron chi connectivity index (χ0n) is 18.0. The topological polar surface area (TPSA) is 83.1 Å². The number of fused-ring (bicyclic) bond motifs is 2. The van der Waals surface area contributed by atoms with Gasteiger partial charge in [-0.1, -0.05) is 12.1 Å². The predicted molar refractivity (Wildman–Crippen MR) is 120 cm³/mol. The van der Waals surface area contributed by atoms with Crippen molar-refractivity contribution in [3.63, 3.8) is 0 Å². The number of ether oxygens (including phenoxy) is 1. The van der Waals surface area contributed by atoms with Crippen molar-refractivity contribution in [1.82, 2.24) is 9.88 Å². The van der Waals surface area contributed by atoms with Gasteiger partial charge in [-0.25, -0.2) is 9.18 Å².